The van der Waals surface area contributed by atoms with Crippen LogP contribution >= 0.6 is 15.9 Å². The zero-order valence-corrected chi connectivity index (χ0v) is 19.7. The van der Waals surface area contributed by atoms with E-state index in [1.54, 1.807) is 32.9 Å². The maximum Gasteiger partial charge on any atom is 0.416 e. The molecule has 1 heterocycles. The Labute approximate surface area is 191 Å². The van der Waals surface area contributed by atoms with E-state index in [4.69, 9.17) is 0 Å². The molecular formula is C21H20BrF3N2O4S. The van der Waals surface area contributed by atoms with Crippen LogP contribution in [0.5, 0.6) is 0 Å². The van der Waals surface area contributed by atoms with E-state index in [-0.39, 0.29) is 12.1 Å². The average Bonchev–Trinajstić information content (AvgIpc) is 3.02. The van der Waals surface area contributed by atoms with Gasteiger partial charge in [-0.1, -0.05) is 28.1 Å². The molecule has 0 unspecified atom stereocenters. The molecule has 0 aliphatic carbocycles. The SMILES string of the molecule is CC(C)(C)N(Cc1cn(S(=O)(=O)c2cccc(C(F)(F)F)c2)c2cc(Br)ccc12)C(=O)O. The first-order valence-electron chi connectivity index (χ1n) is 9.35. The molecule has 11 heteroatoms. The van der Waals surface area contributed by atoms with E-state index in [2.05, 4.69) is 15.9 Å². The van der Waals surface area contributed by atoms with Gasteiger partial charge in [-0.15, -0.1) is 0 Å². The maximum absolute atomic E-state index is 13.3. The van der Waals surface area contributed by atoms with Gasteiger partial charge in [-0.3, -0.25) is 4.90 Å². The quantitative estimate of drug-likeness (QED) is 0.451. The molecule has 172 valence electrons. The lowest BCUT2D eigenvalue weighted by Crippen LogP contribution is -2.44. The summed E-state index contributed by atoms with van der Waals surface area (Å²) in [5.74, 6) is 0. The van der Waals surface area contributed by atoms with Gasteiger partial charge in [0.2, 0.25) is 0 Å². The van der Waals surface area contributed by atoms with E-state index < -0.39 is 38.3 Å². The number of hydrogen-bond donors (Lipinski definition) is 1. The Morgan fingerprint density at radius 2 is 1.78 bits per heavy atom. The molecule has 2 aromatic carbocycles. The highest BCUT2D eigenvalue weighted by atomic mass is 79.9. The third-order valence-electron chi connectivity index (χ3n) is 4.90. The lowest BCUT2D eigenvalue weighted by atomic mass is 10.1. The highest BCUT2D eigenvalue weighted by Crippen LogP contribution is 2.33. The molecule has 0 atom stereocenters. The third kappa shape index (κ3) is 4.63. The van der Waals surface area contributed by atoms with Crippen molar-refractivity contribution in [2.24, 2.45) is 0 Å². The minimum atomic E-state index is -4.70. The predicted octanol–water partition coefficient (Wildman–Crippen LogP) is 5.94. The number of rotatable bonds is 4. The fourth-order valence-electron chi connectivity index (χ4n) is 3.27. The highest BCUT2D eigenvalue weighted by molar-refractivity contribution is 9.10. The van der Waals surface area contributed by atoms with Crippen LogP contribution in [-0.2, 0) is 22.7 Å². The zero-order chi connectivity index (χ0) is 24.1. The van der Waals surface area contributed by atoms with Crippen LogP contribution in [-0.4, -0.2) is 34.0 Å². The van der Waals surface area contributed by atoms with Gasteiger partial charge in [0.15, 0.2) is 0 Å². The molecule has 0 bridgehead atoms. The summed E-state index contributed by atoms with van der Waals surface area (Å²) < 4.78 is 67.5. The van der Waals surface area contributed by atoms with Gasteiger partial charge in [0.05, 0.1) is 22.5 Å². The van der Waals surface area contributed by atoms with Crippen LogP contribution in [0.25, 0.3) is 10.9 Å². The minimum absolute atomic E-state index is 0.109. The van der Waals surface area contributed by atoms with Gasteiger partial charge in [-0.25, -0.2) is 17.2 Å². The Balaban J connectivity index is 2.22. The summed E-state index contributed by atoms with van der Waals surface area (Å²) in [5.41, 5.74) is -1.23. The molecule has 3 rings (SSSR count). The van der Waals surface area contributed by atoms with E-state index in [9.17, 15) is 31.5 Å². The predicted molar refractivity (Wildman–Crippen MR) is 117 cm³/mol. The van der Waals surface area contributed by atoms with Crippen molar-refractivity contribution in [1.29, 1.82) is 0 Å². The largest absolute Gasteiger partial charge is 0.465 e. The number of alkyl halides is 3. The number of aromatic nitrogens is 1. The van der Waals surface area contributed by atoms with Crippen LogP contribution in [0.1, 0.15) is 31.9 Å². The lowest BCUT2D eigenvalue weighted by molar-refractivity contribution is -0.137. The second kappa shape index (κ2) is 8.11. The summed E-state index contributed by atoms with van der Waals surface area (Å²) in [6.07, 6.45) is -4.63. The number of hydrogen-bond acceptors (Lipinski definition) is 3. The number of fused-ring (bicyclic) bond motifs is 1. The van der Waals surface area contributed by atoms with Crippen molar-refractivity contribution >= 4 is 42.9 Å². The van der Waals surface area contributed by atoms with Crippen molar-refractivity contribution in [3.63, 3.8) is 0 Å². The molecular weight excluding hydrogens is 513 g/mol. The van der Waals surface area contributed by atoms with Crippen molar-refractivity contribution in [3.8, 4) is 0 Å². The first-order chi connectivity index (χ1) is 14.6. The van der Waals surface area contributed by atoms with Crippen molar-refractivity contribution in [3.05, 3.63) is 64.3 Å². The number of halogens is 4. The summed E-state index contributed by atoms with van der Waals surface area (Å²) in [6.45, 7) is 5.00. The van der Waals surface area contributed by atoms with Crippen LogP contribution in [0.2, 0.25) is 0 Å². The minimum Gasteiger partial charge on any atom is -0.465 e. The summed E-state index contributed by atoms with van der Waals surface area (Å²) in [7, 11) is -4.41. The maximum atomic E-state index is 13.3. The molecule has 0 saturated carbocycles. The van der Waals surface area contributed by atoms with Crippen molar-refractivity contribution in [1.82, 2.24) is 8.87 Å². The van der Waals surface area contributed by atoms with Gasteiger partial charge < -0.3 is 5.11 Å². The normalized spacial score (nSPS) is 12.8. The van der Waals surface area contributed by atoms with E-state index in [1.807, 2.05) is 0 Å². The smallest absolute Gasteiger partial charge is 0.416 e. The van der Waals surface area contributed by atoms with Gasteiger partial charge in [0.1, 0.15) is 0 Å². The first-order valence-corrected chi connectivity index (χ1v) is 11.6. The van der Waals surface area contributed by atoms with Crippen molar-refractivity contribution in [2.75, 3.05) is 0 Å². The Morgan fingerprint density at radius 1 is 1.12 bits per heavy atom. The van der Waals surface area contributed by atoms with E-state index in [0.717, 1.165) is 27.1 Å². The Bertz CT molecular complexity index is 1290. The lowest BCUT2D eigenvalue weighted by Gasteiger charge is -2.33. The molecule has 1 amide bonds. The Hall–Kier alpha value is -2.53. The van der Waals surface area contributed by atoms with E-state index in [1.165, 1.54) is 12.3 Å². The number of nitrogens with zero attached hydrogens (tertiary/aromatic N) is 2. The van der Waals surface area contributed by atoms with Gasteiger partial charge in [0, 0.05) is 21.6 Å². The van der Waals surface area contributed by atoms with Crippen LogP contribution in [0.3, 0.4) is 0 Å². The Kier molecular flexibility index (Phi) is 6.11. The standard InChI is InChI=1S/C21H20BrF3N2O4S/c1-20(2,3)26(19(28)29)11-13-12-27(18-10-15(22)7-8-17(13)18)32(30,31)16-6-4-5-14(9-16)21(23,24)25/h4-10,12H,11H2,1-3H3,(H,28,29). The van der Waals surface area contributed by atoms with Gasteiger partial charge in [-0.2, -0.15) is 13.2 Å². The van der Waals surface area contributed by atoms with Crippen molar-refractivity contribution in [2.45, 2.75) is 43.9 Å². The van der Waals surface area contributed by atoms with E-state index in [0.29, 0.717) is 21.5 Å². The molecule has 0 aliphatic heterocycles. The molecule has 0 fully saturated rings. The summed E-state index contributed by atoms with van der Waals surface area (Å²) in [5, 5.41) is 10.1. The number of carboxylic acid groups (broad SMARTS) is 1. The fraction of sp³-hybridized carbons (Fsp3) is 0.286. The van der Waals surface area contributed by atoms with Gasteiger partial charge in [-0.05, 0) is 56.7 Å². The summed E-state index contributed by atoms with van der Waals surface area (Å²) >= 11 is 3.28. The van der Waals surface area contributed by atoms with Crippen molar-refractivity contribution < 1.29 is 31.5 Å². The molecule has 32 heavy (non-hydrogen) atoms. The number of benzene rings is 2. The van der Waals surface area contributed by atoms with Gasteiger partial charge >= 0.3 is 12.3 Å². The molecule has 1 N–H and O–H groups in total. The van der Waals surface area contributed by atoms with Crippen LogP contribution in [0, 0.1) is 0 Å². The average molecular weight is 533 g/mol. The summed E-state index contributed by atoms with van der Waals surface area (Å²) in [6, 6.07) is 8.33. The number of carbonyl (C=O) groups is 1. The van der Waals surface area contributed by atoms with E-state index >= 15 is 0 Å². The topological polar surface area (TPSA) is 79.6 Å². The van der Waals surface area contributed by atoms with Crippen LogP contribution in [0.15, 0.2) is 58.0 Å². The number of amides is 1. The summed E-state index contributed by atoms with van der Waals surface area (Å²) in [4.78, 5) is 12.4. The highest BCUT2D eigenvalue weighted by Gasteiger charge is 2.33. The third-order valence-corrected chi connectivity index (χ3v) is 7.07. The van der Waals surface area contributed by atoms with Crippen LogP contribution < -0.4 is 0 Å². The fourth-order valence-corrected chi connectivity index (χ4v) is 5.05. The zero-order valence-electron chi connectivity index (χ0n) is 17.3. The molecule has 3 aromatic rings. The second-order valence-corrected chi connectivity index (χ2v) is 10.9. The van der Waals surface area contributed by atoms with Crippen LogP contribution in [0.4, 0.5) is 18.0 Å². The second-order valence-electron chi connectivity index (χ2n) is 8.18. The molecule has 0 spiro atoms. The molecule has 0 saturated heterocycles. The molecule has 1 aromatic heterocycles. The monoisotopic (exact) mass is 532 g/mol. The molecule has 0 radical (unpaired) electrons. The molecule has 6 nitrogen and oxygen atoms in total. The first kappa shape index (κ1) is 24.1. The van der Waals surface area contributed by atoms with Gasteiger partial charge in [0.25, 0.3) is 10.0 Å². The Morgan fingerprint density at radius 3 is 2.34 bits per heavy atom. The molecule has 0 aliphatic rings.